The number of phenolic OH excluding ortho intramolecular Hbond substituents is 1. The second-order valence-electron chi connectivity index (χ2n) is 9.16. The van der Waals surface area contributed by atoms with Gasteiger partial charge in [0, 0.05) is 38.8 Å². The van der Waals surface area contributed by atoms with E-state index in [-0.39, 0.29) is 17.5 Å². The minimum absolute atomic E-state index is 0.188. The number of fused-ring (bicyclic) bond motifs is 1. The van der Waals surface area contributed by atoms with Gasteiger partial charge in [0.05, 0.1) is 16.5 Å². The van der Waals surface area contributed by atoms with E-state index in [4.69, 9.17) is 0 Å². The maximum atomic E-state index is 13.0. The van der Waals surface area contributed by atoms with Crippen LogP contribution in [0.3, 0.4) is 0 Å². The molecule has 1 unspecified atom stereocenters. The third kappa shape index (κ3) is 4.47. The molecule has 1 aliphatic rings. The zero-order valence-corrected chi connectivity index (χ0v) is 22.1. The summed E-state index contributed by atoms with van der Waals surface area (Å²) in [5, 5.41) is 22.8. The molecule has 5 rings (SSSR count). The SMILES string of the molecule is Cc1ccccc1C(c1ccccc1O)N1CCN(c2c([N+](=O)[O-])c(=O)n(C)c3ccc(Br)nc23)CC1. The first-order valence-electron chi connectivity index (χ1n) is 11.9. The fraction of sp³-hybridized carbons (Fsp3) is 0.259. The Hall–Kier alpha value is -3.76. The predicted octanol–water partition coefficient (Wildman–Crippen LogP) is 4.53. The van der Waals surface area contributed by atoms with E-state index in [1.807, 2.05) is 29.2 Å². The Morgan fingerprint density at radius 1 is 1.00 bits per heavy atom. The first kappa shape index (κ1) is 24.9. The number of nitro groups is 1. The molecule has 1 aliphatic heterocycles. The molecule has 190 valence electrons. The molecular formula is C27H26BrN5O4. The van der Waals surface area contributed by atoms with Crippen molar-refractivity contribution in [2.45, 2.75) is 13.0 Å². The topological polar surface area (TPSA) is 105 Å². The van der Waals surface area contributed by atoms with Crippen molar-refractivity contribution in [1.29, 1.82) is 0 Å². The van der Waals surface area contributed by atoms with Crippen LogP contribution in [0.2, 0.25) is 0 Å². The third-order valence-electron chi connectivity index (χ3n) is 7.05. The van der Waals surface area contributed by atoms with Gasteiger partial charge in [0.2, 0.25) is 0 Å². The summed E-state index contributed by atoms with van der Waals surface area (Å²) in [4.78, 5) is 33.2. The number of hydrogen-bond donors (Lipinski definition) is 1. The van der Waals surface area contributed by atoms with Crippen LogP contribution >= 0.6 is 15.9 Å². The number of para-hydroxylation sites is 1. The van der Waals surface area contributed by atoms with Crippen LogP contribution in [0.4, 0.5) is 11.4 Å². The minimum atomic E-state index is -0.661. The van der Waals surface area contributed by atoms with E-state index in [2.05, 4.69) is 44.9 Å². The average Bonchev–Trinajstić information content (AvgIpc) is 2.88. The van der Waals surface area contributed by atoms with Crippen molar-refractivity contribution >= 4 is 38.3 Å². The van der Waals surface area contributed by atoms with Gasteiger partial charge in [-0.3, -0.25) is 19.8 Å². The molecule has 0 bridgehead atoms. The van der Waals surface area contributed by atoms with Gasteiger partial charge < -0.3 is 14.6 Å². The molecule has 0 saturated carbocycles. The van der Waals surface area contributed by atoms with Crippen molar-refractivity contribution in [3.63, 3.8) is 0 Å². The number of phenols is 1. The average molecular weight is 564 g/mol. The second-order valence-corrected chi connectivity index (χ2v) is 9.97. The van der Waals surface area contributed by atoms with Crippen LogP contribution in [0.5, 0.6) is 5.75 Å². The zero-order chi connectivity index (χ0) is 26.3. The van der Waals surface area contributed by atoms with Crippen molar-refractivity contribution < 1.29 is 10.0 Å². The van der Waals surface area contributed by atoms with Crippen LogP contribution in [0, 0.1) is 17.0 Å². The summed E-state index contributed by atoms with van der Waals surface area (Å²) >= 11 is 3.37. The maximum absolute atomic E-state index is 13.0. The molecule has 0 amide bonds. The maximum Gasteiger partial charge on any atom is 0.359 e. The largest absolute Gasteiger partial charge is 0.508 e. The molecule has 1 N–H and O–H groups in total. The first-order valence-corrected chi connectivity index (χ1v) is 12.7. The van der Waals surface area contributed by atoms with E-state index in [1.54, 1.807) is 24.3 Å². The van der Waals surface area contributed by atoms with Gasteiger partial charge in [-0.25, -0.2) is 4.98 Å². The Morgan fingerprint density at radius 3 is 2.30 bits per heavy atom. The number of aromatic nitrogens is 2. The Kier molecular flexibility index (Phi) is 6.70. The summed E-state index contributed by atoms with van der Waals surface area (Å²) in [6.07, 6.45) is 0. The standard InChI is InChI=1S/C27H26BrN5O4/c1-17-7-3-4-8-18(17)24(19-9-5-6-10-21(19)34)31-13-15-32(16-14-31)25-23-20(11-12-22(28)29-23)30(2)27(35)26(25)33(36)37/h3-12,24,34H,13-16H2,1-2H3. The lowest BCUT2D eigenvalue weighted by Crippen LogP contribution is -2.48. The number of hydrogen-bond acceptors (Lipinski definition) is 7. The summed E-state index contributed by atoms with van der Waals surface area (Å²) in [5.74, 6) is 0.223. The van der Waals surface area contributed by atoms with Gasteiger partial charge in [-0.2, -0.15) is 0 Å². The molecule has 4 aromatic rings. The Balaban J connectivity index is 1.56. The first-order chi connectivity index (χ1) is 17.8. The highest BCUT2D eigenvalue weighted by atomic mass is 79.9. The lowest BCUT2D eigenvalue weighted by molar-refractivity contribution is -0.385. The normalized spacial score (nSPS) is 15.2. The van der Waals surface area contributed by atoms with Crippen molar-refractivity contribution in [2.24, 2.45) is 7.05 Å². The predicted molar refractivity (Wildman–Crippen MR) is 146 cm³/mol. The van der Waals surface area contributed by atoms with Crippen molar-refractivity contribution in [2.75, 3.05) is 31.1 Å². The molecule has 10 heteroatoms. The number of benzene rings is 2. The van der Waals surface area contributed by atoms with Gasteiger partial charge >= 0.3 is 11.2 Å². The molecule has 2 aromatic carbocycles. The van der Waals surface area contributed by atoms with E-state index in [0.29, 0.717) is 41.8 Å². The summed E-state index contributed by atoms with van der Waals surface area (Å²) in [6, 6.07) is 18.7. The number of nitrogens with zero attached hydrogens (tertiary/aromatic N) is 5. The van der Waals surface area contributed by atoms with Crippen molar-refractivity contribution in [3.05, 3.63) is 102 Å². The smallest absolute Gasteiger partial charge is 0.359 e. The van der Waals surface area contributed by atoms with Crippen LogP contribution in [0.25, 0.3) is 11.0 Å². The van der Waals surface area contributed by atoms with Gasteiger partial charge in [-0.1, -0.05) is 42.5 Å². The number of aryl methyl sites for hydroxylation is 2. The van der Waals surface area contributed by atoms with Gasteiger partial charge in [0.25, 0.3) is 0 Å². The van der Waals surface area contributed by atoms with Crippen LogP contribution in [0.15, 0.2) is 70.1 Å². The quantitative estimate of drug-likeness (QED) is 0.216. The highest BCUT2D eigenvalue weighted by Gasteiger charge is 2.34. The molecule has 3 heterocycles. The van der Waals surface area contributed by atoms with Crippen LogP contribution < -0.4 is 10.5 Å². The summed E-state index contributed by atoms with van der Waals surface area (Å²) in [5.41, 5.74) is 3.07. The van der Waals surface area contributed by atoms with Gasteiger partial charge in [0.1, 0.15) is 15.9 Å². The highest BCUT2D eigenvalue weighted by Crippen LogP contribution is 2.38. The second kappa shape index (κ2) is 9.95. The molecule has 2 aromatic heterocycles. The van der Waals surface area contributed by atoms with Crippen LogP contribution in [0.1, 0.15) is 22.7 Å². The molecule has 1 saturated heterocycles. The van der Waals surface area contributed by atoms with E-state index >= 15 is 0 Å². The highest BCUT2D eigenvalue weighted by molar-refractivity contribution is 9.10. The number of aromatic hydroxyl groups is 1. The number of pyridine rings is 2. The number of rotatable bonds is 5. The fourth-order valence-corrected chi connectivity index (χ4v) is 5.51. The molecule has 0 radical (unpaired) electrons. The number of halogens is 1. The number of anilines is 1. The summed E-state index contributed by atoms with van der Waals surface area (Å²) in [6.45, 7) is 4.09. The molecule has 9 nitrogen and oxygen atoms in total. The molecular weight excluding hydrogens is 538 g/mol. The molecule has 1 fully saturated rings. The monoisotopic (exact) mass is 563 g/mol. The molecule has 1 atom stereocenters. The van der Waals surface area contributed by atoms with Crippen LogP contribution in [-0.4, -0.2) is 50.7 Å². The lowest BCUT2D eigenvalue weighted by atomic mass is 9.92. The Morgan fingerprint density at radius 2 is 1.65 bits per heavy atom. The number of piperazine rings is 1. The summed E-state index contributed by atoms with van der Waals surface area (Å²) < 4.78 is 1.81. The van der Waals surface area contributed by atoms with Crippen molar-refractivity contribution in [3.8, 4) is 5.75 Å². The fourth-order valence-electron chi connectivity index (χ4n) is 5.20. The van der Waals surface area contributed by atoms with E-state index in [9.17, 15) is 20.0 Å². The molecule has 0 aliphatic carbocycles. The summed E-state index contributed by atoms with van der Waals surface area (Å²) in [7, 11) is 1.52. The Labute approximate surface area is 221 Å². The zero-order valence-electron chi connectivity index (χ0n) is 20.5. The Bertz CT molecular complexity index is 1520. The van der Waals surface area contributed by atoms with E-state index in [1.165, 1.54) is 11.6 Å². The van der Waals surface area contributed by atoms with Crippen LogP contribution in [-0.2, 0) is 7.05 Å². The molecule has 0 spiro atoms. The van der Waals surface area contributed by atoms with Gasteiger partial charge in [0.15, 0.2) is 5.69 Å². The third-order valence-corrected chi connectivity index (χ3v) is 7.49. The van der Waals surface area contributed by atoms with Crippen molar-refractivity contribution in [1.82, 2.24) is 14.5 Å². The van der Waals surface area contributed by atoms with Gasteiger partial charge in [-0.05, 0) is 52.2 Å². The van der Waals surface area contributed by atoms with E-state index < -0.39 is 16.2 Å². The lowest BCUT2D eigenvalue weighted by Gasteiger charge is -2.41. The van der Waals surface area contributed by atoms with Gasteiger partial charge in [-0.15, -0.1) is 0 Å². The molecule has 37 heavy (non-hydrogen) atoms. The minimum Gasteiger partial charge on any atom is -0.508 e. The van der Waals surface area contributed by atoms with E-state index in [0.717, 1.165) is 16.7 Å².